The Morgan fingerprint density at radius 3 is 2.57 bits per heavy atom. The van der Waals surface area contributed by atoms with Gasteiger partial charge in [0.15, 0.2) is 0 Å². The van der Waals surface area contributed by atoms with E-state index in [1.165, 1.54) is 11.3 Å². The Labute approximate surface area is 168 Å². The molecular weight excluding hydrogens is 374 g/mol. The average Bonchev–Trinajstić information content (AvgIpc) is 3.12. The third-order valence-corrected chi connectivity index (χ3v) is 4.91. The molecule has 0 radical (unpaired) electrons. The molecule has 28 heavy (non-hydrogen) atoms. The van der Waals surface area contributed by atoms with Crippen LogP contribution in [-0.2, 0) is 0 Å². The largest absolute Gasteiger partial charge is 0.497 e. The van der Waals surface area contributed by atoms with Crippen molar-refractivity contribution in [2.24, 2.45) is 0 Å². The number of methoxy groups -OCH3 is 1. The van der Waals surface area contributed by atoms with Crippen LogP contribution in [0.15, 0.2) is 41.8 Å². The Kier molecular flexibility index (Phi) is 6.44. The molecule has 0 bridgehead atoms. The van der Waals surface area contributed by atoms with Gasteiger partial charge >= 0.3 is 0 Å². The molecule has 146 valence electrons. The maximum absolute atomic E-state index is 12.0. The Morgan fingerprint density at radius 2 is 1.89 bits per heavy atom. The predicted molar refractivity (Wildman–Crippen MR) is 113 cm³/mol. The molecule has 3 N–H and O–H groups in total. The van der Waals surface area contributed by atoms with E-state index < -0.39 is 0 Å². The van der Waals surface area contributed by atoms with Gasteiger partial charge in [-0.1, -0.05) is 0 Å². The molecule has 0 saturated carbocycles. The minimum atomic E-state index is -0.0630. The molecule has 7 nitrogen and oxygen atoms in total. The second kappa shape index (κ2) is 9.18. The van der Waals surface area contributed by atoms with Crippen LogP contribution in [0.5, 0.6) is 5.75 Å². The summed E-state index contributed by atoms with van der Waals surface area (Å²) < 4.78 is 5.17. The van der Waals surface area contributed by atoms with Crippen molar-refractivity contribution in [1.82, 2.24) is 15.3 Å². The second-order valence-corrected chi connectivity index (χ2v) is 7.15. The van der Waals surface area contributed by atoms with Crippen LogP contribution in [0.3, 0.4) is 0 Å². The normalized spacial score (nSPS) is 10.4. The summed E-state index contributed by atoms with van der Waals surface area (Å²) in [7, 11) is 1.64. The number of ether oxygens (including phenoxy) is 1. The van der Waals surface area contributed by atoms with Crippen LogP contribution >= 0.6 is 11.3 Å². The van der Waals surface area contributed by atoms with Gasteiger partial charge in [0, 0.05) is 30.5 Å². The number of anilines is 3. The smallest absolute Gasteiger partial charge is 0.261 e. The lowest BCUT2D eigenvalue weighted by atomic mass is 10.3. The Bertz CT molecular complexity index is 940. The van der Waals surface area contributed by atoms with E-state index in [-0.39, 0.29) is 5.91 Å². The predicted octanol–water partition coefficient (Wildman–Crippen LogP) is 3.75. The number of benzene rings is 1. The number of aryl methyl sites for hydroxylation is 2. The monoisotopic (exact) mass is 397 g/mol. The summed E-state index contributed by atoms with van der Waals surface area (Å²) in [5.74, 6) is 1.94. The lowest BCUT2D eigenvalue weighted by Gasteiger charge is -2.11. The first kappa shape index (κ1) is 19.6. The van der Waals surface area contributed by atoms with E-state index in [0.717, 1.165) is 27.6 Å². The Hall–Kier alpha value is -3.13. The molecule has 8 heteroatoms. The van der Waals surface area contributed by atoms with E-state index in [1.54, 1.807) is 7.11 Å². The number of nitrogens with zero attached hydrogens (tertiary/aromatic N) is 2. The standard InChI is InChI=1S/C20H23N5O2S/c1-13-10-17(28-12-13)19(26)21-8-9-22-20-23-14(2)11-18(25-20)24-15-4-6-16(27-3)7-5-15/h4-7,10-12H,8-9H2,1-3H3,(H,21,26)(H2,22,23,24,25). The van der Waals surface area contributed by atoms with E-state index in [0.29, 0.717) is 24.9 Å². The Morgan fingerprint density at radius 1 is 1.11 bits per heavy atom. The van der Waals surface area contributed by atoms with Gasteiger partial charge in [-0.15, -0.1) is 11.3 Å². The van der Waals surface area contributed by atoms with Crippen LogP contribution in [0.2, 0.25) is 0 Å². The molecule has 0 aliphatic carbocycles. The van der Waals surface area contributed by atoms with Crippen LogP contribution in [0.4, 0.5) is 17.5 Å². The quantitative estimate of drug-likeness (QED) is 0.502. The van der Waals surface area contributed by atoms with Gasteiger partial charge in [0.25, 0.3) is 5.91 Å². The van der Waals surface area contributed by atoms with E-state index in [9.17, 15) is 4.79 Å². The van der Waals surface area contributed by atoms with Gasteiger partial charge in [-0.3, -0.25) is 4.79 Å². The molecule has 1 aromatic carbocycles. The van der Waals surface area contributed by atoms with Gasteiger partial charge in [-0.2, -0.15) is 4.98 Å². The fourth-order valence-corrected chi connectivity index (χ4v) is 3.34. The molecule has 0 unspecified atom stereocenters. The number of hydrogen-bond donors (Lipinski definition) is 3. The topological polar surface area (TPSA) is 88.2 Å². The third kappa shape index (κ3) is 5.43. The highest BCUT2D eigenvalue weighted by Gasteiger charge is 2.07. The van der Waals surface area contributed by atoms with Crippen molar-refractivity contribution in [1.29, 1.82) is 0 Å². The molecule has 2 aromatic heterocycles. The summed E-state index contributed by atoms with van der Waals surface area (Å²) in [6.07, 6.45) is 0. The highest BCUT2D eigenvalue weighted by Crippen LogP contribution is 2.20. The van der Waals surface area contributed by atoms with Gasteiger partial charge in [0.05, 0.1) is 12.0 Å². The minimum Gasteiger partial charge on any atom is -0.497 e. The van der Waals surface area contributed by atoms with Crippen molar-refractivity contribution < 1.29 is 9.53 Å². The molecular formula is C20H23N5O2S. The first-order valence-corrected chi connectivity index (χ1v) is 9.75. The van der Waals surface area contributed by atoms with Crippen molar-refractivity contribution in [3.05, 3.63) is 57.9 Å². The molecule has 0 aliphatic heterocycles. The molecule has 3 rings (SSSR count). The van der Waals surface area contributed by atoms with Crippen molar-refractivity contribution in [3.8, 4) is 5.75 Å². The summed E-state index contributed by atoms with van der Waals surface area (Å²) in [5.41, 5.74) is 2.84. The first-order valence-electron chi connectivity index (χ1n) is 8.87. The van der Waals surface area contributed by atoms with Crippen LogP contribution in [0.25, 0.3) is 0 Å². The van der Waals surface area contributed by atoms with Crippen LogP contribution in [0, 0.1) is 13.8 Å². The summed E-state index contributed by atoms with van der Waals surface area (Å²) in [4.78, 5) is 21.6. The molecule has 0 spiro atoms. The second-order valence-electron chi connectivity index (χ2n) is 6.24. The maximum Gasteiger partial charge on any atom is 0.261 e. The number of thiophene rings is 1. The molecule has 1 amide bonds. The number of amides is 1. The lowest BCUT2D eigenvalue weighted by Crippen LogP contribution is -2.28. The third-order valence-electron chi connectivity index (χ3n) is 3.86. The van der Waals surface area contributed by atoms with E-state index >= 15 is 0 Å². The highest BCUT2D eigenvalue weighted by atomic mass is 32.1. The summed E-state index contributed by atoms with van der Waals surface area (Å²) >= 11 is 1.45. The van der Waals surface area contributed by atoms with Crippen molar-refractivity contribution in [2.45, 2.75) is 13.8 Å². The fourth-order valence-electron chi connectivity index (χ4n) is 2.52. The fraction of sp³-hybridized carbons (Fsp3) is 0.250. The molecule has 3 aromatic rings. The summed E-state index contributed by atoms with van der Waals surface area (Å²) in [6, 6.07) is 11.4. The van der Waals surface area contributed by atoms with Gasteiger partial charge in [0.1, 0.15) is 11.6 Å². The van der Waals surface area contributed by atoms with Crippen LogP contribution in [0.1, 0.15) is 20.9 Å². The molecule has 2 heterocycles. The average molecular weight is 398 g/mol. The van der Waals surface area contributed by atoms with Crippen molar-refractivity contribution in [2.75, 3.05) is 30.8 Å². The number of aromatic nitrogens is 2. The number of nitrogens with one attached hydrogen (secondary N) is 3. The zero-order chi connectivity index (χ0) is 19.9. The zero-order valence-corrected chi connectivity index (χ0v) is 16.9. The Balaban J connectivity index is 1.53. The maximum atomic E-state index is 12.0. The minimum absolute atomic E-state index is 0.0630. The number of carbonyl (C=O) groups excluding carboxylic acids is 1. The molecule has 0 atom stereocenters. The number of hydrogen-bond acceptors (Lipinski definition) is 7. The summed E-state index contributed by atoms with van der Waals surface area (Å²) in [5, 5.41) is 11.3. The van der Waals surface area contributed by atoms with E-state index in [4.69, 9.17) is 4.74 Å². The molecule has 0 saturated heterocycles. The van der Waals surface area contributed by atoms with Gasteiger partial charge in [-0.05, 0) is 55.1 Å². The van der Waals surface area contributed by atoms with Gasteiger partial charge < -0.3 is 20.7 Å². The van der Waals surface area contributed by atoms with Crippen LogP contribution in [-0.4, -0.2) is 36.1 Å². The van der Waals surface area contributed by atoms with Crippen molar-refractivity contribution >= 4 is 34.7 Å². The zero-order valence-electron chi connectivity index (χ0n) is 16.1. The number of carbonyl (C=O) groups is 1. The van der Waals surface area contributed by atoms with E-state index in [2.05, 4.69) is 25.9 Å². The van der Waals surface area contributed by atoms with Crippen LogP contribution < -0.4 is 20.7 Å². The van der Waals surface area contributed by atoms with E-state index in [1.807, 2.05) is 55.6 Å². The van der Waals surface area contributed by atoms with Gasteiger partial charge in [0.2, 0.25) is 5.95 Å². The molecule has 0 fully saturated rings. The first-order chi connectivity index (χ1) is 13.5. The lowest BCUT2D eigenvalue weighted by molar-refractivity contribution is 0.0959. The SMILES string of the molecule is COc1ccc(Nc2cc(C)nc(NCCNC(=O)c3cc(C)cs3)n2)cc1. The highest BCUT2D eigenvalue weighted by molar-refractivity contribution is 7.12. The van der Waals surface area contributed by atoms with Crippen molar-refractivity contribution in [3.63, 3.8) is 0 Å². The summed E-state index contributed by atoms with van der Waals surface area (Å²) in [6.45, 7) is 4.89. The van der Waals surface area contributed by atoms with Gasteiger partial charge in [-0.25, -0.2) is 4.98 Å². The number of rotatable bonds is 8. The molecule has 0 aliphatic rings.